The monoisotopic (exact) mass is 506 g/mol. The molecular weight excluding hydrogens is 480 g/mol. The summed E-state index contributed by atoms with van der Waals surface area (Å²) in [5, 5.41) is 6.88. The van der Waals surface area contributed by atoms with Gasteiger partial charge in [-0.05, 0) is 37.7 Å². The Hall–Kier alpha value is -3.66. The average Bonchev–Trinajstić information content (AvgIpc) is 3.54. The molecule has 36 heavy (non-hydrogen) atoms. The van der Waals surface area contributed by atoms with Gasteiger partial charge in [-0.15, -0.1) is 11.3 Å². The van der Waals surface area contributed by atoms with E-state index in [4.69, 9.17) is 0 Å². The predicted octanol–water partition coefficient (Wildman–Crippen LogP) is 2.90. The summed E-state index contributed by atoms with van der Waals surface area (Å²) in [5.74, 6) is -1.34. The molecule has 3 amide bonds. The standard InChI is InChI=1S/C26H26N4O5S/c1-14-28-22-18(26(35)30(14)19-10-11-21(31)29-24(19)33)13-36-20(22)12-27-25(34)23(32)17-8-6-16(7-9-17)15-4-2-3-5-15/h6-9,13,15,19H,2-5,10-12H2,1H3,(H,27,34)(H,29,31,33). The minimum Gasteiger partial charge on any atom is -0.344 e. The predicted molar refractivity (Wildman–Crippen MR) is 134 cm³/mol. The van der Waals surface area contributed by atoms with Crippen LogP contribution in [0.15, 0.2) is 34.4 Å². The number of carbonyl (C=O) groups is 4. The van der Waals surface area contributed by atoms with Gasteiger partial charge in [0.2, 0.25) is 17.6 Å². The van der Waals surface area contributed by atoms with Crippen LogP contribution >= 0.6 is 11.3 Å². The van der Waals surface area contributed by atoms with Crippen molar-refractivity contribution in [1.29, 1.82) is 0 Å². The summed E-state index contributed by atoms with van der Waals surface area (Å²) < 4.78 is 1.32. The van der Waals surface area contributed by atoms with Gasteiger partial charge in [0.15, 0.2) is 0 Å². The van der Waals surface area contributed by atoms with Crippen molar-refractivity contribution in [2.45, 2.75) is 64.0 Å². The maximum Gasteiger partial charge on any atom is 0.292 e. The van der Waals surface area contributed by atoms with Crippen molar-refractivity contribution in [3.05, 3.63) is 61.8 Å². The molecular formula is C26H26N4O5S. The Morgan fingerprint density at radius 2 is 1.83 bits per heavy atom. The number of aromatic nitrogens is 2. The number of imide groups is 1. The van der Waals surface area contributed by atoms with Gasteiger partial charge in [-0.3, -0.25) is 33.9 Å². The number of amides is 3. The number of nitrogens with zero attached hydrogens (tertiary/aromatic N) is 2. The maximum atomic E-state index is 13.2. The van der Waals surface area contributed by atoms with Crippen molar-refractivity contribution < 1.29 is 19.2 Å². The smallest absolute Gasteiger partial charge is 0.292 e. The van der Waals surface area contributed by atoms with E-state index in [-0.39, 0.29) is 30.9 Å². The highest BCUT2D eigenvalue weighted by Crippen LogP contribution is 2.34. The highest BCUT2D eigenvalue weighted by molar-refractivity contribution is 7.11. The number of hydrogen-bond donors (Lipinski definition) is 2. The number of piperidine rings is 1. The molecule has 1 aromatic carbocycles. The van der Waals surface area contributed by atoms with Gasteiger partial charge in [0.1, 0.15) is 11.9 Å². The van der Waals surface area contributed by atoms with E-state index in [0.29, 0.717) is 33.1 Å². The van der Waals surface area contributed by atoms with E-state index in [0.717, 1.165) is 12.8 Å². The molecule has 0 bridgehead atoms. The summed E-state index contributed by atoms with van der Waals surface area (Å²) in [6.45, 7) is 1.68. The Kier molecular flexibility index (Phi) is 6.53. The van der Waals surface area contributed by atoms with Crippen LogP contribution in [0.25, 0.3) is 10.9 Å². The number of benzene rings is 1. The van der Waals surface area contributed by atoms with E-state index >= 15 is 0 Å². The molecule has 1 saturated heterocycles. The first-order valence-electron chi connectivity index (χ1n) is 12.1. The van der Waals surface area contributed by atoms with Crippen LogP contribution < -0.4 is 16.2 Å². The second-order valence-electron chi connectivity index (χ2n) is 9.34. The van der Waals surface area contributed by atoms with Crippen LogP contribution in [0.1, 0.15) is 77.1 Å². The summed E-state index contributed by atoms with van der Waals surface area (Å²) in [5.41, 5.74) is 1.60. The fraction of sp³-hybridized carbons (Fsp3) is 0.385. The first-order valence-corrected chi connectivity index (χ1v) is 13.0. The van der Waals surface area contributed by atoms with E-state index in [1.165, 1.54) is 34.3 Å². The number of thiophene rings is 1. The third-order valence-electron chi connectivity index (χ3n) is 7.05. The summed E-state index contributed by atoms with van der Waals surface area (Å²) in [6.07, 6.45) is 5.16. The molecule has 2 aliphatic rings. The van der Waals surface area contributed by atoms with Crippen molar-refractivity contribution in [3.63, 3.8) is 0 Å². The molecule has 2 N–H and O–H groups in total. The molecule has 1 aliphatic carbocycles. The fourth-order valence-electron chi connectivity index (χ4n) is 5.12. The van der Waals surface area contributed by atoms with Gasteiger partial charge in [0, 0.05) is 17.4 Å². The second-order valence-corrected chi connectivity index (χ2v) is 10.3. The fourth-order valence-corrected chi connectivity index (χ4v) is 6.01. The lowest BCUT2D eigenvalue weighted by Crippen LogP contribution is -2.45. The molecule has 1 saturated carbocycles. The van der Waals surface area contributed by atoms with E-state index < -0.39 is 23.6 Å². The molecule has 1 atom stereocenters. The van der Waals surface area contributed by atoms with Crippen LogP contribution in [-0.2, 0) is 20.9 Å². The lowest BCUT2D eigenvalue weighted by molar-refractivity contribution is -0.135. The van der Waals surface area contributed by atoms with Crippen LogP contribution in [0.4, 0.5) is 0 Å². The molecule has 2 aromatic heterocycles. The maximum absolute atomic E-state index is 13.2. The van der Waals surface area contributed by atoms with Gasteiger partial charge < -0.3 is 5.32 Å². The minimum absolute atomic E-state index is 0.0488. The zero-order valence-electron chi connectivity index (χ0n) is 19.8. The van der Waals surface area contributed by atoms with E-state index in [9.17, 15) is 24.0 Å². The number of fused-ring (bicyclic) bond motifs is 1. The van der Waals surface area contributed by atoms with Gasteiger partial charge in [0.25, 0.3) is 11.5 Å². The lowest BCUT2D eigenvalue weighted by atomic mass is 9.96. The van der Waals surface area contributed by atoms with Gasteiger partial charge in [-0.1, -0.05) is 37.1 Å². The molecule has 5 rings (SSSR count). The van der Waals surface area contributed by atoms with E-state index in [2.05, 4.69) is 15.6 Å². The topological polar surface area (TPSA) is 127 Å². The Labute approximate surface area is 210 Å². The highest BCUT2D eigenvalue weighted by atomic mass is 32.1. The number of aryl methyl sites for hydroxylation is 1. The molecule has 3 aromatic rings. The van der Waals surface area contributed by atoms with E-state index in [1.54, 1.807) is 24.4 Å². The van der Waals surface area contributed by atoms with Crippen LogP contribution in [-0.4, -0.2) is 33.1 Å². The quantitative estimate of drug-likeness (QED) is 0.301. The molecule has 3 heterocycles. The molecule has 1 unspecified atom stereocenters. The van der Waals surface area contributed by atoms with Crippen LogP contribution in [0, 0.1) is 6.92 Å². The molecule has 9 nitrogen and oxygen atoms in total. The zero-order chi connectivity index (χ0) is 25.4. The molecule has 10 heteroatoms. The minimum atomic E-state index is -0.798. The summed E-state index contributed by atoms with van der Waals surface area (Å²) >= 11 is 1.25. The number of Topliss-reactive ketones (excluding diaryl/α,β-unsaturated/α-hetero) is 1. The summed E-state index contributed by atoms with van der Waals surface area (Å²) in [4.78, 5) is 67.3. The number of carbonyl (C=O) groups excluding carboxylic acids is 4. The number of ketones is 1. The van der Waals surface area contributed by atoms with Crippen LogP contribution in [0.5, 0.6) is 0 Å². The van der Waals surface area contributed by atoms with Crippen molar-refractivity contribution in [2.24, 2.45) is 0 Å². The van der Waals surface area contributed by atoms with Gasteiger partial charge in [-0.2, -0.15) is 0 Å². The van der Waals surface area contributed by atoms with Gasteiger partial charge >= 0.3 is 0 Å². The largest absolute Gasteiger partial charge is 0.344 e. The van der Waals surface area contributed by atoms with Gasteiger partial charge in [-0.25, -0.2) is 4.98 Å². The summed E-state index contributed by atoms with van der Waals surface area (Å²) in [7, 11) is 0. The normalized spacial score (nSPS) is 18.4. The van der Waals surface area contributed by atoms with Crippen molar-refractivity contribution in [1.82, 2.24) is 20.2 Å². The zero-order valence-corrected chi connectivity index (χ0v) is 20.7. The third-order valence-corrected chi connectivity index (χ3v) is 8.02. The molecule has 0 spiro atoms. The average molecular weight is 507 g/mol. The SMILES string of the molecule is Cc1nc2c(CNC(=O)C(=O)c3ccc(C4CCCC4)cc3)scc2c(=O)n1C1CCC(=O)NC1=O. The third kappa shape index (κ3) is 4.48. The molecule has 1 aliphatic heterocycles. The second kappa shape index (κ2) is 9.77. The Morgan fingerprint density at radius 1 is 1.11 bits per heavy atom. The Balaban J connectivity index is 1.30. The van der Waals surface area contributed by atoms with E-state index in [1.807, 2.05) is 12.1 Å². The molecule has 2 fully saturated rings. The van der Waals surface area contributed by atoms with Crippen LogP contribution in [0.2, 0.25) is 0 Å². The number of rotatable bonds is 6. The lowest BCUT2D eigenvalue weighted by Gasteiger charge is -2.24. The first kappa shape index (κ1) is 24.1. The number of nitrogens with one attached hydrogen (secondary N) is 2. The van der Waals surface area contributed by atoms with Crippen LogP contribution in [0.3, 0.4) is 0 Å². The Morgan fingerprint density at radius 3 is 2.53 bits per heavy atom. The molecule has 0 radical (unpaired) electrons. The van der Waals surface area contributed by atoms with Crippen molar-refractivity contribution >= 4 is 45.7 Å². The Bertz CT molecular complexity index is 1430. The first-order chi connectivity index (χ1) is 17.3. The van der Waals surface area contributed by atoms with Gasteiger partial charge in [0.05, 0.1) is 22.3 Å². The highest BCUT2D eigenvalue weighted by Gasteiger charge is 2.31. The number of hydrogen-bond acceptors (Lipinski definition) is 7. The molecule has 186 valence electrons. The van der Waals surface area contributed by atoms with Crippen molar-refractivity contribution in [2.75, 3.05) is 0 Å². The summed E-state index contributed by atoms with van der Waals surface area (Å²) in [6, 6.07) is 6.48. The van der Waals surface area contributed by atoms with Crippen molar-refractivity contribution in [3.8, 4) is 0 Å².